The number of hydrogen-bond donors (Lipinski definition) is 1. The van der Waals surface area contributed by atoms with E-state index in [0.29, 0.717) is 5.75 Å². The molecule has 0 aromatic heterocycles. The topological polar surface area (TPSA) is 64.6 Å². The van der Waals surface area contributed by atoms with Crippen LogP contribution >= 0.6 is 0 Å². The predicted octanol–water partition coefficient (Wildman–Crippen LogP) is 2.34. The van der Waals surface area contributed by atoms with E-state index in [4.69, 9.17) is 9.47 Å². The molecular weight excluding hydrogens is 303 g/mol. The highest BCUT2D eigenvalue weighted by molar-refractivity contribution is 5.97. The summed E-state index contributed by atoms with van der Waals surface area (Å²) in [6.07, 6.45) is -5.71. The Morgan fingerprint density at radius 2 is 1.95 bits per heavy atom. The second kappa shape index (κ2) is 7.15. The van der Waals surface area contributed by atoms with E-state index in [2.05, 4.69) is 0 Å². The lowest BCUT2D eigenvalue weighted by molar-refractivity contribution is -0.142. The normalized spacial score (nSPS) is 12.5. The van der Waals surface area contributed by atoms with Crippen molar-refractivity contribution in [2.24, 2.45) is 0 Å². The Hall–Kier alpha value is -2.25. The van der Waals surface area contributed by atoms with Gasteiger partial charge in [-0.25, -0.2) is 0 Å². The number of nitrogens with one attached hydrogen (secondary N) is 1. The summed E-state index contributed by atoms with van der Waals surface area (Å²) in [6, 6.07) is 4.39. The molecule has 0 spiro atoms. The monoisotopic (exact) mass is 319 g/mol. The van der Waals surface area contributed by atoms with E-state index in [-0.39, 0.29) is 17.1 Å². The van der Waals surface area contributed by atoms with E-state index < -0.39 is 24.7 Å². The molecule has 1 aromatic rings. The minimum Gasteiger partial charge on any atom is -0.497 e. The third kappa shape index (κ3) is 5.27. The summed E-state index contributed by atoms with van der Waals surface area (Å²) >= 11 is 0. The molecule has 22 heavy (non-hydrogen) atoms. The van der Waals surface area contributed by atoms with Crippen LogP contribution in [0.4, 0.5) is 13.2 Å². The minimum atomic E-state index is -4.50. The van der Waals surface area contributed by atoms with E-state index in [1.807, 2.05) is 0 Å². The van der Waals surface area contributed by atoms with Crippen LogP contribution in [-0.2, 0) is 4.79 Å². The van der Waals surface area contributed by atoms with Gasteiger partial charge in [0, 0.05) is 6.07 Å². The van der Waals surface area contributed by atoms with Crippen molar-refractivity contribution in [1.82, 2.24) is 5.32 Å². The molecule has 1 amide bonds. The first-order chi connectivity index (χ1) is 10.1. The summed E-state index contributed by atoms with van der Waals surface area (Å²) in [5.41, 5.74) is 0.205. The Balaban J connectivity index is 2.84. The maximum absolute atomic E-state index is 12.1. The molecule has 0 unspecified atom stereocenters. The van der Waals surface area contributed by atoms with Gasteiger partial charge in [-0.2, -0.15) is 13.2 Å². The highest BCUT2D eigenvalue weighted by atomic mass is 19.4. The fraction of sp³-hybridized carbons (Fsp3) is 0.429. The van der Waals surface area contributed by atoms with Gasteiger partial charge in [0.05, 0.1) is 12.7 Å². The summed E-state index contributed by atoms with van der Waals surface area (Å²) in [5, 5.41) is 1.71. The van der Waals surface area contributed by atoms with E-state index in [0.717, 1.165) is 0 Å². The molecule has 8 heteroatoms. The van der Waals surface area contributed by atoms with Crippen LogP contribution in [0, 0.1) is 0 Å². The van der Waals surface area contributed by atoms with Crippen LogP contribution in [0.3, 0.4) is 0 Å². The zero-order valence-electron chi connectivity index (χ0n) is 12.3. The first-order valence-electron chi connectivity index (χ1n) is 6.34. The summed E-state index contributed by atoms with van der Waals surface area (Å²) in [7, 11) is 1.41. The van der Waals surface area contributed by atoms with Crippen molar-refractivity contribution in [2.75, 3.05) is 13.7 Å². The number of hydrogen-bond acceptors (Lipinski definition) is 4. The Labute approximate surface area is 125 Å². The average Bonchev–Trinajstić information content (AvgIpc) is 2.43. The van der Waals surface area contributed by atoms with Gasteiger partial charge in [0.1, 0.15) is 18.0 Å². The predicted molar refractivity (Wildman–Crippen MR) is 72.2 cm³/mol. The number of carbonyl (C=O) groups is 2. The Morgan fingerprint density at radius 3 is 2.45 bits per heavy atom. The fourth-order valence-electron chi connectivity index (χ4n) is 1.59. The first-order valence-corrected chi connectivity index (χ1v) is 6.34. The number of Topliss-reactive ketones (excluding diaryl/α,β-unsaturated/α-hetero) is 1. The van der Waals surface area contributed by atoms with Crippen LogP contribution in [0.1, 0.15) is 24.2 Å². The van der Waals surface area contributed by atoms with Gasteiger partial charge in [-0.1, -0.05) is 0 Å². The molecular formula is C14H16F3NO4. The van der Waals surface area contributed by atoms with Crippen molar-refractivity contribution in [3.05, 3.63) is 23.8 Å². The Morgan fingerprint density at radius 1 is 1.32 bits per heavy atom. The molecule has 0 aliphatic rings. The van der Waals surface area contributed by atoms with Gasteiger partial charge in [-0.15, -0.1) is 0 Å². The second-order valence-electron chi connectivity index (χ2n) is 4.51. The zero-order chi connectivity index (χ0) is 16.9. The lowest BCUT2D eigenvalue weighted by atomic mass is 10.1. The highest BCUT2D eigenvalue weighted by Gasteiger charge is 2.29. The van der Waals surface area contributed by atoms with Crippen LogP contribution in [-0.4, -0.2) is 37.6 Å². The molecule has 0 bridgehead atoms. The van der Waals surface area contributed by atoms with Crippen molar-refractivity contribution < 1.29 is 32.2 Å². The number of carbonyl (C=O) groups excluding carboxylic acids is 2. The van der Waals surface area contributed by atoms with Crippen molar-refractivity contribution in [2.45, 2.75) is 26.1 Å². The molecule has 1 atom stereocenters. The van der Waals surface area contributed by atoms with Gasteiger partial charge >= 0.3 is 6.18 Å². The first kappa shape index (κ1) is 17.8. The number of ether oxygens (including phenoxy) is 2. The van der Waals surface area contributed by atoms with E-state index in [9.17, 15) is 22.8 Å². The maximum Gasteiger partial charge on any atom is 0.405 e. The van der Waals surface area contributed by atoms with Crippen molar-refractivity contribution >= 4 is 11.7 Å². The van der Waals surface area contributed by atoms with Crippen molar-refractivity contribution in [3.8, 4) is 11.5 Å². The minimum absolute atomic E-state index is 0.0708. The molecule has 0 aliphatic carbocycles. The summed E-state index contributed by atoms with van der Waals surface area (Å²) in [6.45, 7) is 1.15. The fourth-order valence-corrected chi connectivity index (χ4v) is 1.59. The van der Waals surface area contributed by atoms with Gasteiger partial charge in [0.2, 0.25) is 0 Å². The maximum atomic E-state index is 12.1. The third-order valence-electron chi connectivity index (χ3n) is 2.70. The van der Waals surface area contributed by atoms with Crippen molar-refractivity contribution in [1.29, 1.82) is 0 Å². The number of ketones is 1. The molecule has 5 nitrogen and oxygen atoms in total. The second-order valence-corrected chi connectivity index (χ2v) is 4.51. The molecule has 0 saturated carbocycles. The van der Waals surface area contributed by atoms with Gasteiger partial charge in [-0.05, 0) is 26.0 Å². The molecule has 0 aliphatic heterocycles. The van der Waals surface area contributed by atoms with E-state index in [1.165, 1.54) is 39.2 Å². The Kier molecular flexibility index (Phi) is 5.78. The standard InChI is InChI=1S/C14H16F3NO4/c1-8(19)11-5-4-10(21-3)6-12(11)22-9(2)13(20)18-7-14(15,16)17/h4-6,9H,7H2,1-3H3,(H,18,20)/t9-/m0/s1. The molecule has 0 saturated heterocycles. The molecule has 1 N–H and O–H groups in total. The average molecular weight is 319 g/mol. The van der Waals surface area contributed by atoms with E-state index in [1.54, 1.807) is 5.32 Å². The molecule has 0 fully saturated rings. The van der Waals surface area contributed by atoms with Gasteiger partial charge in [0.25, 0.3) is 5.91 Å². The smallest absolute Gasteiger partial charge is 0.405 e. The van der Waals surface area contributed by atoms with Crippen LogP contribution in [0.2, 0.25) is 0 Å². The van der Waals surface area contributed by atoms with E-state index >= 15 is 0 Å². The third-order valence-corrected chi connectivity index (χ3v) is 2.70. The van der Waals surface area contributed by atoms with Crippen LogP contribution < -0.4 is 14.8 Å². The van der Waals surface area contributed by atoms with Crippen LogP contribution in [0.15, 0.2) is 18.2 Å². The molecule has 1 aromatic carbocycles. The number of methoxy groups -OCH3 is 1. The summed E-state index contributed by atoms with van der Waals surface area (Å²) < 4.78 is 46.5. The molecule has 1 rings (SSSR count). The summed E-state index contributed by atoms with van der Waals surface area (Å²) in [4.78, 5) is 23.1. The zero-order valence-corrected chi connectivity index (χ0v) is 12.3. The Bertz CT molecular complexity index is 558. The number of rotatable bonds is 6. The van der Waals surface area contributed by atoms with Gasteiger partial charge < -0.3 is 14.8 Å². The molecule has 0 heterocycles. The van der Waals surface area contributed by atoms with Crippen molar-refractivity contribution in [3.63, 3.8) is 0 Å². The quantitative estimate of drug-likeness (QED) is 0.818. The lowest BCUT2D eigenvalue weighted by Gasteiger charge is -2.17. The molecule has 0 radical (unpaired) electrons. The largest absolute Gasteiger partial charge is 0.497 e. The number of benzene rings is 1. The number of amides is 1. The molecule has 122 valence electrons. The summed E-state index contributed by atoms with van der Waals surface area (Å²) in [5.74, 6) is -0.778. The lowest BCUT2D eigenvalue weighted by Crippen LogP contribution is -2.41. The van der Waals surface area contributed by atoms with Gasteiger partial charge in [-0.3, -0.25) is 9.59 Å². The highest BCUT2D eigenvalue weighted by Crippen LogP contribution is 2.26. The van der Waals surface area contributed by atoms with Crippen LogP contribution in [0.25, 0.3) is 0 Å². The van der Waals surface area contributed by atoms with Gasteiger partial charge in [0.15, 0.2) is 11.9 Å². The number of halogens is 3. The van der Waals surface area contributed by atoms with Crippen LogP contribution in [0.5, 0.6) is 11.5 Å². The SMILES string of the molecule is COc1ccc(C(C)=O)c(O[C@@H](C)C(=O)NCC(F)(F)F)c1. The number of alkyl halides is 3.